The Hall–Kier alpha value is -1.68. The standard InChI is InChI=1S/C22H31FN2O/c1-15(26)24-21(14-25(2)3)13-19-11-18-12-20(23)9-8-16(18)10-17-6-4-5-7-22(17)19/h4-9,12,16-19,21-22H,10-11,13-14H2,1-3H3,(H,24,26)/t16?,17?,18?,19-,21-,22?/m1/s1. The predicted octanol–water partition coefficient (Wildman–Crippen LogP) is 3.87. The smallest absolute Gasteiger partial charge is 0.217 e. The van der Waals surface area contributed by atoms with Crippen molar-refractivity contribution in [1.29, 1.82) is 0 Å². The molecule has 3 rings (SSSR count). The lowest BCUT2D eigenvalue weighted by Crippen LogP contribution is -2.43. The van der Waals surface area contributed by atoms with Crippen LogP contribution < -0.4 is 5.32 Å². The van der Waals surface area contributed by atoms with Crippen LogP contribution in [0.4, 0.5) is 4.39 Å². The fraction of sp³-hybridized carbons (Fsp3) is 0.591. The maximum absolute atomic E-state index is 13.9. The zero-order chi connectivity index (χ0) is 18.7. The molecule has 6 atom stereocenters. The number of hydrogen-bond acceptors (Lipinski definition) is 2. The highest BCUT2D eigenvalue weighted by Crippen LogP contribution is 2.46. The number of carbonyl (C=O) groups excluding carboxylic acids is 1. The van der Waals surface area contributed by atoms with Crippen molar-refractivity contribution in [1.82, 2.24) is 10.2 Å². The second kappa shape index (κ2) is 8.34. The first-order valence-electron chi connectivity index (χ1n) is 9.74. The van der Waals surface area contributed by atoms with Crippen molar-refractivity contribution in [3.05, 3.63) is 48.4 Å². The Morgan fingerprint density at radius 2 is 1.96 bits per heavy atom. The van der Waals surface area contributed by atoms with E-state index in [1.54, 1.807) is 13.0 Å². The summed E-state index contributed by atoms with van der Waals surface area (Å²) in [6.45, 7) is 2.41. The van der Waals surface area contributed by atoms with Crippen molar-refractivity contribution in [2.75, 3.05) is 20.6 Å². The largest absolute Gasteiger partial charge is 0.352 e. The van der Waals surface area contributed by atoms with Crippen LogP contribution in [0.1, 0.15) is 26.2 Å². The molecule has 3 aliphatic carbocycles. The highest BCUT2D eigenvalue weighted by atomic mass is 19.1. The third kappa shape index (κ3) is 4.73. The Balaban J connectivity index is 1.82. The molecular formula is C22H31FN2O. The van der Waals surface area contributed by atoms with Crippen LogP contribution in [-0.2, 0) is 4.79 Å². The molecule has 3 aliphatic rings. The lowest BCUT2D eigenvalue weighted by molar-refractivity contribution is -0.119. The van der Waals surface area contributed by atoms with Crippen molar-refractivity contribution in [2.24, 2.45) is 29.6 Å². The zero-order valence-electron chi connectivity index (χ0n) is 16.1. The Labute approximate surface area is 156 Å². The summed E-state index contributed by atoms with van der Waals surface area (Å²) in [5, 5.41) is 3.13. The summed E-state index contributed by atoms with van der Waals surface area (Å²) < 4.78 is 13.9. The fourth-order valence-electron chi connectivity index (χ4n) is 5.00. The van der Waals surface area contributed by atoms with E-state index in [-0.39, 0.29) is 23.7 Å². The Bertz CT molecular complexity index is 634. The van der Waals surface area contributed by atoms with Gasteiger partial charge in [0.1, 0.15) is 5.83 Å². The van der Waals surface area contributed by atoms with Gasteiger partial charge in [-0.25, -0.2) is 4.39 Å². The average Bonchev–Trinajstić information content (AvgIpc) is 2.70. The summed E-state index contributed by atoms with van der Waals surface area (Å²) in [5.74, 6) is 1.98. The number of hydrogen-bond donors (Lipinski definition) is 1. The van der Waals surface area contributed by atoms with Gasteiger partial charge in [-0.15, -0.1) is 0 Å². The normalized spacial score (nSPS) is 33.9. The number of amides is 1. The van der Waals surface area contributed by atoms with Crippen molar-refractivity contribution < 1.29 is 9.18 Å². The van der Waals surface area contributed by atoms with Gasteiger partial charge in [0.25, 0.3) is 0 Å². The van der Waals surface area contributed by atoms with E-state index >= 15 is 0 Å². The topological polar surface area (TPSA) is 32.3 Å². The van der Waals surface area contributed by atoms with Gasteiger partial charge < -0.3 is 10.2 Å². The second-order valence-corrected chi connectivity index (χ2v) is 8.38. The molecule has 0 aromatic rings. The van der Waals surface area contributed by atoms with E-state index in [9.17, 15) is 9.18 Å². The molecule has 1 N–H and O–H groups in total. The quantitative estimate of drug-likeness (QED) is 0.809. The fourth-order valence-corrected chi connectivity index (χ4v) is 5.00. The highest BCUT2D eigenvalue weighted by Gasteiger charge is 2.38. The van der Waals surface area contributed by atoms with Gasteiger partial charge in [0.15, 0.2) is 0 Å². The van der Waals surface area contributed by atoms with E-state index < -0.39 is 0 Å². The predicted molar refractivity (Wildman–Crippen MR) is 104 cm³/mol. The average molecular weight is 359 g/mol. The summed E-state index contributed by atoms with van der Waals surface area (Å²) in [5.41, 5.74) is 0. The van der Waals surface area contributed by atoms with Crippen molar-refractivity contribution in [3.8, 4) is 0 Å². The minimum Gasteiger partial charge on any atom is -0.352 e. The van der Waals surface area contributed by atoms with Crippen LogP contribution in [0.3, 0.4) is 0 Å². The molecule has 1 amide bonds. The summed E-state index contributed by atoms with van der Waals surface area (Å²) in [4.78, 5) is 13.8. The minimum atomic E-state index is -0.104. The summed E-state index contributed by atoms with van der Waals surface area (Å²) in [6.07, 6.45) is 17.4. The van der Waals surface area contributed by atoms with Gasteiger partial charge in [0.2, 0.25) is 5.91 Å². The first-order chi connectivity index (χ1) is 12.4. The van der Waals surface area contributed by atoms with Crippen LogP contribution in [0.25, 0.3) is 0 Å². The zero-order valence-corrected chi connectivity index (χ0v) is 16.1. The lowest BCUT2D eigenvalue weighted by atomic mass is 9.75. The van der Waals surface area contributed by atoms with Gasteiger partial charge in [-0.05, 0) is 75.1 Å². The molecule has 142 valence electrons. The van der Waals surface area contributed by atoms with E-state index in [1.807, 2.05) is 20.2 Å². The summed E-state index contributed by atoms with van der Waals surface area (Å²) in [7, 11) is 4.07. The van der Waals surface area contributed by atoms with Gasteiger partial charge in [-0.3, -0.25) is 4.79 Å². The number of nitrogens with zero attached hydrogens (tertiary/aromatic N) is 1. The van der Waals surface area contributed by atoms with Crippen molar-refractivity contribution in [3.63, 3.8) is 0 Å². The Morgan fingerprint density at radius 1 is 1.19 bits per heavy atom. The third-order valence-corrected chi connectivity index (χ3v) is 5.97. The first kappa shape index (κ1) is 19.1. The van der Waals surface area contributed by atoms with Gasteiger partial charge in [0.05, 0.1) is 0 Å². The molecule has 4 unspecified atom stereocenters. The van der Waals surface area contributed by atoms with E-state index in [1.165, 1.54) is 0 Å². The lowest BCUT2D eigenvalue weighted by Gasteiger charge is -2.33. The van der Waals surface area contributed by atoms with Crippen LogP contribution in [0.2, 0.25) is 0 Å². The van der Waals surface area contributed by atoms with Gasteiger partial charge >= 0.3 is 0 Å². The molecule has 1 fully saturated rings. The van der Waals surface area contributed by atoms with Crippen LogP contribution in [-0.4, -0.2) is 37.5 Å². The maximum atomic E-state index is 13.9. The molecule has 0 aromatic carbocycles. The number of allylic oxidation sites excluding steroid dienone is 8. The van der Waals surface area contributed by atoms with E-state index in [4.69, 9.17) is 0 Å². The number of carbonyl (C=O) groups is 1. The summed E-state index contributed by atoms with van der Waals surface area (Å²) >= 11 is 0. The minimum absolute atomic E-state index is 0.0190. The molecule has 0 heterocycles. The first-order valence-corrected chi connectivity index (χ1v) is 9.74. The highest BCUT2D eigenvalue weighted by molar-refractivity contribution is 5.73. The van der Waals surface area contributed by atoms with Crippen molar-refractivity contribution in [2.45, 2.75) is 32.2 Å². The molecule has 3 nitrogen and oxygen atoms in total. The van der Waals surface area contributed by atoms with E-state index in [2.05, 4.69) is 40.6 Å². The Morgan fingerprint density at radius 3 is 2.69 bits per heavy atom. The molecular weight excluding hydrogens is 327 g/mol. The van der Waals surface area contributed by atoms with E-state index in [0.29, 0.717) is 23.7 Å². The van der Waals surface area contributed by atoms with Crippen LogP contribution >= 0.6 is 0 Å². The number of nitrogens with one attached hydrogen (secondary N) is 1. The molecule has 0 radical (unpaired) electrons. The molecule has 0 saturated heterocycles. The molecule has 0 spiro atoms. The molecule has 26 heavy (non-hydrogen) atoms. The number of likely N-dealkylation sites (N-methyl/N-ethyl adjacent to an activating group) is 1. The summed E-state index contributed by atoms with van der Waals surface area (Å²) in [6, 6.07) is 0.122. The number of fused-ring (bicyclic) bond motifs is 2. The molecule has 0 bridgehead atoms. The van der Waals surface area contributed by atoms with Gasteiger partial charge in [-0.2, -0.15) is 0 Å². The van der Waals surface area contributed by atoms with Gasteiger partial charge in [0, 0.05) is 19.5 Å². The number of halogens is 1. The molecule has 1 saturated carbocycles. The third-order valence-electron chi connectivity index (χ3n) is 5.97. The monoisotopic (exact) mass is 358 g/mol. The molecule has 4 heteroatoms. The van der Waals surface area contributed by atoms with Gasteiger partial charge in [-0.1, -0.05) is 30.4 Å². The van der Waals surface area contributed by atoms with E-state index in [0.717, 1.165) is 25.8 Å². The Kier molecular flexibility index (Phi) is 6.13. The van der Waals surface area contributed by atoms with Crippen LogP contribution in [0, 0.1) is 29.6 Å². The van der Waals surface area contributed by atoms with Crippen LogP contribution in [0.15, 0.2) is 48.4 Å². The molecule has 0 aliphatic heterocycles. The maximum Gasteiger partial charge on any atom is 0.217 e. The molecule has 0 aromatic heterocycles. The van der Waals surface area contributed by atoms with Crippen molar-refractivity contribution >= 4 is 5.91 Å². The number of rotatable bonds is 5. The second-order valence-electron chi connectivity index (χ2n) is 8.38. The SMILES string of the molecule is CC(=O)N[C@H](C[C@H]1CC2C=C(F)C=CC2CC2C=CC=CC21)CN(C)C. The van der Waals surface area contributed by atoms with Crippen LogP contribution in [0.5, 0.6) is 0 Å².